The number of alkyl halides is 1. The van der Waals surface area contributed by atoms with Crippen molar-refractivity contribution in [3.63, 3.8) is 0 Å². The second kappa shape index (κ2) is 5.21. The van der Waals surface area contributed by atoms with E-state index in [4.69, 9.17) is 0 Å². The Bertz CT molecular complexity index is 368. The van der Waals surface area contributed by atoms with E-state index in [0.29, 0.717) is 17.7 Å². The van der Waals surface area contributed by atoms with E-state index in [1.54, 1.807) is 19.2 Å². The molecule has 0 aliphatic heterocycles. The molecule has 0 amide bonds. The number of nitro groups is 1. The third kappa shape index (κ3) is 2.99. The first kappa shape index (κ1) is 12.1. The van der Waals surface area contributed by atoms with E-state index in [-0.39, 0.29) is 15.4 Å². The lowest BCUT2D eigenvalue weighted by Crippen LogP contribution is -2.07. The van der Waals surface area contributed by atoms with E-state index in [1.165, 1.54) is 0 Å². The SMILES string of the molecule is CCC(Br)Cc1nccc(C)c1[N+](=O)[O-]. The summed E-state index contributed by atoms with van der Waals surface area (Å²) in [5, 5.41) is 10.9. The summed E-state index contributed by atoms with van der Waals surface area (Å²) >= 11 is 3.46. The Morgan fingerprint density at radius 3 is 2.87 bits per heavy atom. The monoisotopic (exact) mass is 272 g/mol. The van der Waals surface area contributed by atoms with Crippen LogP contribution in [0.4, 0.5) is 5.69 Å². The van der Waals surface area contributed by atoms with Crippen LogP contribution in [0.1, 0.15) is 24.6 Å². The lowest BCUT2D eigenvalue weighted by atomic mass is 10.1. The van der Waals surface area contributed by atoms with Gasteiger partial charge in [-0.05, 0) is 19.4 Å². The van der Waals surface area contributed by atoms with Crippen LogP contribution in [0, 0.1) is 17.0 Å². The molecule has 0 N–H and O–H groups in total. The van der Waals surface area contributed by atoms with E-state index in [0.717, 1.165) is 6.42 Å². The van der Waals surface area contributed by atoms with E-state index in [1.807, 2.05) is 6.92 Å². The highest BCUT2D eigenvalue weighted by molar-refractivity contribution is 9.09. The highest BCUT2D eigenvalue weighted by Crippen LogP contribution is 2.24. The second-order valence-corrected chi connectivity index (χ2v) is 4.68. The summed E-state index contributed by atoms with van der Waals surface area (Å²) in [6, 6.07) is 1.66. The predicted octanol–water partition coefficient (Wildman–Crippen LogP) is 3.01. The van der Waals surface area contributed by atoms with Gasteiger partial charge in [-0.1, -0.05) is 22.9 Å². The molecule has 5 heteroatoms. The van der Waals surface area contributed by atoms with Crippen molar-refractivity contribution in [2.75, 3.05) is 0 Å². The van der Waals surface area contributed by atoms with Crippen molar-refractivity contribution < 1.29 is 4.92 Å². The Morgan fingerprint density at radius 1 is 1.67 bits per heavy atom. The van der Waals surface area contributed by atoms with E-state index in [9.17, 15) is 10.1 Å². The summed E-state index contributed by atoms with van der Waals surface area (Å²) in [4.78, 5) is 14.8. The molecule has 1 aromatic heterocycles. The summed E-state index contributed by atoms with van der Waals surface area (Å²) in [6.07, 6.45) is 3.13. The molecule has 1 rings (SSSR count). The Morgan fingerprint density at radius 2 is 2.33 bits per heavy atom. The summed E-state index contributed by atoms with van der Waals surface area (Å²) in [5.74, 6) is 0. The van der Waals surface area contributed by atoms with Gasteiger partial charge in [0.2, 0.25) is 0 Å². The zero-order valence-corrected chi connectivity index (χ0v) is 10.3. The molecule has 1 unspecified atom stereocenters. The zero-order valence-electron chi connectivity index (χ0n) is 8.74. The van der Waals surface area contributed by atoms with Crippen molar-refractivity contribution in [2.45, 2.75) is 31.5 Å². The molecule has 1 heterocycles. The summed E-state index contributed by atoms with van der Waals surface area (Å²) in [5.41, 5.74) is 1.37. The average Bonchev–Trinajstić information content (AvgIpc) is 2.17. The molecule has 1 atom stereocenters. The van der Waals surface area contributed by atoms with Crippen LogP contribution in [0.5, 0.6) is 0 Å². The molecule has 0 bridgehead atoms. The van der Waals surface area contributed by atoms with Crippen LogP contribution in [0.3, 0.4) is 0 Å². The van der Waals surface area contributed by atoms with Crippen molar-refractivity contribution >= 4 is 21.6 Å². The molecule has 82 valence electrons. The smallest absolute Gasteiger partial charge is 0.258 e. The fourth-order valence-electron chi connectivity index (χ4n) is 1.36. The number of rotatable bonds is 4. The van der Waals surface area contributed by atoms with Gasteiger partial charge in [0, 0.05) is 23.0 Å². The molecule has 0 saturated carbocycles. The van der Waals surface area contributed by atoms with Gasteiger partial charge >= 0.3 is 0 Å². The van der Waals surface area contributed by atoms with Gasteiger partial charge in [0.15, 0.2) is 0 Å². The van der Waals surface area contributed by atoms with Gasteiger partial charge in [-0.25, -0.2) is 0 Å². The van der Waals surface area contributed by atoms with E-state index >= 15 is 0 Å². The van der Waals surface area contributed by atoms with Crippen LogP contribution in [0.15, 0.2) is 12.3 Å². The number of nitrogens with zero attached hydrogens (tertiary/aromatic N) is 2. The zero-order chi connectivity index (χ0) is 11.4. The Kier molecular flexibility index (Phi) is 4.20. The summed E-state index contributed by atoms with van der Waals surface area (Å²) in [6.45, 7) is 3.76. The summed E-state index contributed by atoms with van der Waals surface area (Å²) in [7, 11) is 0. The molecule has 1 aromatic rings. The maximum atomic E-state index is 10.9. The first-order valence-electron chi connectivity index (χ1n) is 4.79. The minimum atomic E-state index is -0.354. The maximum Gasteiger partial charge on any atom is 0.293 e. The fourth-order valence-corrected chi connectivity index (χ4v) is 1.67. The third-order valence-electron chi connectivity index (χ3n) is 2.24. The van der Waals surface area contributed by atoms with Crippen molar-refractivity contribution in [3.05, 3.63) is 33.6 Å². The molecule has 0 aliphatic rings. The highest BCUT2D eigenvalue weighted by Gasteiger charge is 2.19. The molecule has 0 saturated heterocycles. The number of aryl methyl sites for hydroxylation is 1. The van der Waals surface area contributed by atoms with Crippen molar-refractivity contribution in [3.8, 4) is 0 Å². The first-order chi connectivity index (χ1) is 7.06. The largest absolute Gasteiger partial charge is 0.293 e. The van der Waals surface area contributed by atoms with Gasteiger partial charge in [-0.3, -0.25) is 15.1 Å². The van der Waals surface area contributed by atoms with Crippen LogP contribution in [0.25, 0.3) is 0 Å². The van der Waals surface area contributed by atoms with Crippen LogP contribution < -0.4 is 0 Å². The highest BCUT2D eigenvalue weighted by atomic mass is 79.9. The van der Waals surface area contributed by atoms with Gasteiger partial charge in [-0.15, -0.1) is 0 Å². The van der Waals surface area contributed by atoms with Gasteiger partial charge in [-0.2, -0.15) is 0 Å². The van der Waals surface area contributed by atoms with Crippen LogP contribution >= 0.6 is 15.9 Å². The fraction of sp³-hybridized carbons (Fsp3) is 0.500. The average molecular weight is 273 g/mol. The number of pyridine rings is 1. The quantitative estimate of drug-likeness (QED) is 0.481. The predicted molar refractivity (Wildman–Crippen MR) is 62.3 cm³/mol. The number of halogens is 1. The van der Waals surface area contributed by atoms with Crippen molar-refractivity contribution in [1.82, 2.24) is 4.98 Å². The maximum absolute atomic E-state index is 10.9. The third-order valence-corrected chi connectivity index (χ3v) is 3.21. The van der Waals surface area contributed by atoms with Crippen LogP contribution in [-0.4, -0.2) is 14.7 Å². The molecule has 4 nitrogen and oxygen atoms in total. The molecule has 0 radical (unpaired) electrons. The van der Waals surface area contributed by atoms with Crippen molar-refractivity contribution in [2.24, 2.45) is 0 Å². The lowest BCUT2D eigenvalue weighted by Gasteiger charge is -2.07. The normalized spacial score (nSPS) is 12.5. The van der Waals surface area contributed by atoms with E-state index < -0.39 is 0 Å². The number of aromatic nitrogens is 1. The molecule has 15 heavy (non-hydrogen) atoms. The van der Waals surface area contributed by atoms with Gasteiger partial charge in [0.1, 0.15) is 5.69 Å². The first-order valence-corrected chi connectivity index (χ1v) is 5.70. The lowest BCUT2D eigenvalue weighted by molar-refractivity contribution is -0.386. The van der Waals surface area contributed by atoms with Gasteiger partial charge in [0.05, 0.1) is 4.92 Å². The molecular weight excluding hydrogens is 260 g/mol. The standard InChI is InChI=1S/C10H13BrN2O2/c1-3-8(11)6-9-10(13(14)15)7(2)4-5-12-9/h4-5,8H,3,6H2,1-2H3. The van der Waals surface area contributed by atoms with E-state index in [2.05, 4.69) is 20.9 Å². The van der Waals surface area contributed by atoms with Gasteiger partial charge < -0.3 is 0 Å². The molecular formula is C10H13BrN2O2. The van der Waals surface area contributed by atoms with Crippen molar-refractivity contribution in [1.29, 1.82) is 0 Å². The summed E-state index contributed by atoms with van der Waals surface area (Å²) < 4.78 is 0. The molecule has 0 aliphatic carbocycles. The Labute approximate surface area is 97.0 Å². The van der Waals surface area contributed by atoms with Gasteiger partial charge in [0.25, 0.3) is 5.69 Å². The Balaban J connectivity index is 3.06. The topological polar surface area (TPSA) is 56.0 Å². The molecule has 0 spiro atoms. The number of hydrogen-bond donors (Lipinski definition) is 0. The minimum absolute atomic E-state index is 0.149. The Hall–Kier alpha value is -0.970. The number of hydrogen-bond acceptors (Lipinski definition) is 3. The molecule has 0 aromatic carbocycles. The van der Waals surface area contributed by atoms with Crippen LogP contribution in [0.2, 0.25) is 0 Å². The van der Waals surface area contributed by atoms with Crippen LogP contribution in [-0.2, 0) is 6.42 Å². The molecule has 0 fully saturated rings. The second-order valence-electron chi connectivity index (χ2n) is 3.39. The minimum Gasteiger partial charge on any atom is -0.258 e.